The van der Waals surface area contributed by atoms with E-state index in [2.05, 4.69) is 5.32 Å². The lowest BCUT2D eigenvalue weighted by molar-refractivity contribution is -0.164. The number of amides is 1. The van der Waals surface area contributed by atoms with Crippen LogP contribution in [-0.2, 0) is 19.1 Å². The predicted molar refractivity (Wildman–Crippen MR) is 130 cm³/mol. The molecule has 0 aliphatic carbocycles. The molecule has 196 valence electrons. The van der Waals surface area contributed by atoms with E-state index in [1.807, 2.05) is 0 Å². The average molecular weight is 504 g/mol. The number of furan rings is 1. The fourth-order valence-electron chi connectivity index (χ4n) is 3.10. The van der Waals surface area contributed by atoms with Gasteiger partial charge in [0, 0.05) is 5.56 Å². The van der Waals surface area contributed by atoms with Crippen LogP contribution in [0, 0.1) is 0 Å². The molecule has 1 aromatic carbocycles. The number of carbonyl (C=O) groups is 4. The van der Waals surface area contributed by atoms with E-state index >= 15 is 0 Å². The van der Waals surface area contributed by atoms with Crippen LogP contribution >= 0.6 is 0 Å². The Morgan fingerprint density at radius 2 is 1.61 bits per heavy atom. The van der Waals surface area contributed by atoms with E-state index < -0.39 is 47.5 Å². The molecule has 0 aliphatic rings. The Morgan fingerprint density at radius 1 is 0.972 bits per heavy atom. The van der Waals surface area contributed by atoms with Gasteiger partial charge in [-0.05, 0) is 72.7 Å². The molecule has 10 nitrogen and oxygen atoms in total. The smallest absolute Gasteiger partial charge is 0.371 e. The molecule has 0 aliphatic heterocycles. The van der Waals surface area contributed by atoms with Crippen molar-refractivity contribution in [3.63, 3.8) is 0 Å². The highest BCUT2D eigenvalue weighted by Crippen LogP contribution is 2.29. The van der Waals surface area contributed by atoms with Crippen molar-refractivity contribution in [1.29, 1.82) is 0 Å². The Labute approximate surface area is 209 Å². The van der Waals surface area contributed by atoms with E-state index in [-0.39, 0.29) is 29.4 Å². The summed E-state index contributed by atoms with van der Waals surface area (Å²) in [5, 5.41) is 11.6. The number of aromatic carboxylic acids is 1. The van der Waals surface area contributed by atoms with Gasteiger partial charge in [-0.15, -0.1) is 0 Å². The summed E-state index contributed by atoms with van der Waals surface area (Å²) in [6.07, 6.45) is -0.426. The summed E-state index contributed by atoms with van der Waals surface area (Å²) < 4.78 is 21.6. The van der Waals surface area contributed by atoms with Crippen molar-refractivity contribution in [2.24, 2.45) is 0 Å². The molecule has 36 heavy (non-hydrogen) atoms. The number of ether oxygens (including phenoxy) is 3. The van der Waals surface area contributed by atoms with E-state index in [0.717, 1.165) is 0 Å². The predicted octanol–water partition coefficient (Wildman–Crippen LogP) is 4.22. The molecule has 0 fully saturated rings. The largest absolute Gasteiger partial charge is 0.493 e. The molecule has 0 radical (unpaired) electrons. The molecule has 0 unspecified atom stereocenters. The van der Waals surface area contributed by atoms with Crippen molar-refractivity contribution in [2.45, 2.75) is 72.1 Å². The number of benzene rings is 1. The second kappa shape index (κ2) is 11.3. The summed E-state index contributed by atoms with van der Waals surface area (Å²) in [4.78, 5) is 49.5. The van der Waals surface area contributed by atoms with E-state index in [0.29, 0.717) is 5.56 Å². The van der Waals surface area contributed by atoms with Crippen LogP contribution in [0.2, 0.25) is 0 Å². The van der Waals surface area contributed by atoms with Crippen LogP contribution in [0.25, 0.3) is 11.3 Å². The lowest BCUT2D eigenvalue weighted by atomic mass is 10.1. The number of nitrogens with one attached hydrogen (secondary N) is 1. The first kappa shape index (κ1) is 28.4. The van der Waals surface area contributed by atoms with E-state index in [1.54, 1.807) is 54.5 Å². The second-order valence-corrected chi connectivity index (χ2v) is 9.96. The molecular weight excluding hydrogens is 470 g/mol. The highest BCUT2D eigenvalue weighted by atomic mass is 16.6. The summed E-state index contributed by atoms with van der Waals surface area (Å²) in [7, 11) is 0. The van der Waals surface area contributed by atoms with Crippen molar-refractivity contribution in [1.82, 2.24) is 5.32 Å². The van der Waals surface area contributed by atoms with Gasteiger partial charge in [-0.1, -0.05) is 6.07 Å². The molecule has 0 saturated carbocycles. The van der Waals surface area contributed by atoms with Gasteiger partial charge >= 0.3 is 17.9 Å². The van der Waals surface area contributed by atoms with Gasteiger partial charge < -0.3 is 29.1 Å². The molecule has 0 saturated heterocycles. The molecule has 1 amide bonds. The molecular formula is C26H33NO9. The zero-order valence-corrected chi connectivity index (χ0v) is 21.6. The molecule has 0 spiro atoms. The third kappa shape index (κ3) is 8.44. The van der Waals surface area contributed by atoms with Gasteiger partial charge in [0.25, 0.3) is 5.91 Å². The average Bonchev–Trinajstić information content (AvgIpc) is 3.21. The standard InChI is InChI=1S/C26H33NO9/c1-8-33-20-13-15(18-11-12-19(34-18)23(30)31)9-10-16(20)22(29)27-17(24(32)36-26(5,6)7)14-21(28)35-25(2,3)4/h9-13,17H,8,14H2,1-7H3,(H,27,29)(H,30,31)/t17-/m0/s1. The Kier molecular flexibility index (Phi) is 8.90. The maximum atomic E-state index is 13.2. The number of carboxylic acids is 1. The van der Waals surface area contributed by atoms with Crippen molar-refractivity contribution in [3.8, 4) is 17.1 Å². The normalized spacial score (nSPS) is 12.4. The van der Waals surface area contributed by atoms with Gasteiger partial charge in [-0.3, -0.25) is 9.59 Å². The third-order valence-corrected chi connectivity index (χ3v) is 4.41. The van der Waals surface area contributed by atoms with Crippen molar-refractivity contribution in [2.75, 3.05) is 6.61 Å². The first-order valence-electron chi connectivity index (χ1n) is 11.5. The Balaban J connectivity index is 2.34. The molecule has 2 rings (SSSR count). The molecule has 1 heterocycles. The fraction of sp³-hybridized carbons (Fsp3) is 0.462. The highest BCUT2D eigenvalue weighted by molar-refractivity contribution is 6.00. The maximum Gasteiger partial charge on any atom is 0.371 e. The fourth-order valence-corrected chi connectivity index (χ4v) is 3.10. The molecule has 0 bridgehead atoms. The number of carbonyl (C=O) groups excluding carboxylic acids is 3. The van der Waals surface area contributed by atoms with Gasteiger partial charge in [0.1, 0.15) is 28.8 Å². The number of rotatable bonds is 9. The second-order valence-electron chi connectivity index (χ2n) is 9.96. The topological polar surface area (TPSA) is 141 Å². The van der Waals surface area contributed by atoms with Crippen LogP contribution in [-0.4, -0.2) is 52.8 Å². The van der Waals surface area contributed by atoms with Crippen molar-refractivity contribution >= 4 is 23.8 Å². The number of hydrogen-bond acceptors (Lipinski definition) is 8. The molecule has 10 heteroatoms. The van der Waals surface area contributed by atoms with Crippen LogP contribution in [0.5, 0.6) is 5.75 Å². The highest BCUT2D eigenvalue weighted by Gasteiger charge is 2.31. The molecule has 1 aromatic heterocycles. The van der Waals surface area contributed by atoms with Gasteiger partial charge in [0.2, 0.25) is 5.76 Å². The first-order valence-corrected chi connectivity index (χ1v) is 11.5. The van der Waals surface area contributed by atoms with Crippen LogP contribution in [0.15, 0.2) is 34.7 Å². The minimum Gasteiger partial charge on any atom is -0.493 e. The Morgan fingerprint density at radius 3 is 2.14 bits per heavy atom. The number of hydrogen-bond donors (Lipinski definition) is 2. The van der Waals surface area contributed by atoms with Crippen molar-refractivity contribution < 1.29 is 42.9 Å². The molecule has 2 N–H and O–H groups in total. The van der Waals surface area contributed by atoms with Crippen LogP contribution in [0.3, 0.4) is 0 Å². The summed E-state index contributed by atoms with van der Waals surface area (Å²) in [6.45, 7) is 12.1. The maximum absolute atomic E-state index is 13.2. The summed E-state index contributed by atoms with van der Waals surface area (Å²) in [5.41, 5.74) is -1.03. The minimum atomic E-state index is -1.30. The third-order valence-electron chi connectivity index (χ3n) is 4.41. The van der Waals surface area contributed by atoms with Crippen LogP contribution in [0.1, 0.15) is 75.8 Å². The lowest BCUT2D eigenvalue weighted by Crippen LogP contribution is -2.46. The van der Waals surface area contributed by atoms with E-state index in [4.69, 9.17) is 23.7 Å². The summed E-state index contributed by atoms with van der Waals surface area (Å²) in [5.74, 6) is -3.11. The minimum absolute atomic E-state index is 0.100. The Hall–Kier alpha value is -3.82. The molecule has 2 aromatic rings. The van der Waals surface area contributed by atoms with Gasteiger partial charge in [-0.2, -0.15) is 0 Å². The lowest BCUT2D eigenvalue weighted by Gasteiger charge is -2.26. The quantitative estimate of drug-likeness (QED) is 0.481. The molecule has 1 atom stereocenters. The van der Waals surface area contributed by atoms with E-state index in [1.165, 1.54) is 24.3 Å². The monoisotopic (exact) mass is 503 g/mol. The number of esters is 2. The Bertz CT molecular complexity index is 1120. The van der Waals surface area contributed by atoms with Gasteiger partial charge in [-0.25, -0.2) is 9.59 Å². The van der Waals surface area contributed by atoms with E-state index in [9.17, 15) is 19.2 Å². The van der Waals surface area contributed by atoms with Crippen LogP contribution in [0.4, 0.5) is 0 Å². The number of carboxylic acid groups (broad SMARTS) is 1. The van der Waals surface area contributed by atoms with Crippen molar-refractivity contribution in [3.05, 3.63) is 41.7 Å². The van der Waals surface area contributed by atoms with Gasteiger partial charge in [0.15, 0.2) is 0 Å². The first-order chi connectivity index (χ1) is 16.6. The SMILES string of the molecule is CCOc1cc(-c2ccc(C(=O)O)o2)ccc1C(=O)N[C@@H](CC(=O)OC(C)(C)C)C(=O)OC(C)(C)C. The zero-order chi connectivity index (χ0) is 27.3. The van der Waals surface area contributed by atoms with Crippen LogP contribution < -0.4 is 10.1 Å². The summed E-state index contributed by atoms with van der Waals surface area (Å²) in [6, 6.07) is 6.05. The van der Waals surface area contributed by atoms with Gasteiger partial charge in [0.05, 0.1) is 18.6 Å². The zero-order valence-electron chi connectivity index (χ0n) is 21.6. The summed E-state index contributed by atoms with van der Waals surface area (Å²) >= 11 is 0.